The van der Waals surface area contributed by atoms with Gasteiger partial charge in [-0.15, -0.1) is 0 Å². The molecule has 0 atom stereocenters. The number of phenolic OH excluding ortho intramolecular Hbond substituents is 1. The van der Waals surface area contributed by atoms with Crippen LogP contribution in [0.15, 0.2) is 54.6 Å². The van der Waals surface area contributed by atoms with Crippen molar-refractivity contribution in [2.75, 3.05) is 14.2 Å². The first-order chi connectivity index (χ1) is 13.6. The van der Waals surface area contributed by atoms with E-state index in [0.717, 1.165) is 5.56 Å². The molecule has 0 spiro atoms. The third kappa shape index (κ3) is 4.47. The lowest BCUT2D eigenvalue weighted by Crippen LogP contribution is -2.08. The Morgan fingerprint density at radius 3 is 2.29 bits per heavy atom. The number of benzene rings is 2. The molecule has 8 nitrogen and oxygen atoms in total. The van der Waals surface area contributed by atoms with E-state index < -0.39 is 5.97 Å². The van der Waals surface area contributed by atoms with Crippen LogP contribution in [0.1, 0.15) is 15.9 Å². The number of carbonyl (C=O) groups is 1. The maximum Gasteiger partial charge on any atom is 0.346 e. The second-order valence-corrected chi connectivity index (χ2v) is 5.55. The normalized spacial score (nSPS) is 10.2. The van der Waals surface area contributed by atoms with Gasteiger partial charge in [-0.25, -0.2) is 4.79 Å². The zero-order valence-electron chi connectivity index (χ0n) is 15.3. The Hall–Kier alpha value is -3.81. The van der Waals surface area contributed by atoms with Gasteiger partial charge in [0.2, 0.25) is 11.8 Å². The Balaban J connectivity index is 1.85. The van der Waals surface area contributed by atoms with Crippen LogP contribution in [0.2, 0.25) is 0 Å². The minimum absolute atomic E-state index is 0.0355. The fourth-order valence-corrected chi connectivity index (χ4v) is 2.34. The molecule has 1 aromatic heterocycles. The Kier molecular flexibility index (Phi) is 5.91. The van der Waals surface area contributed by atoms with Gasteiger partial charge in [-0.2, -0.15) is 9.97 Å². The van der Waals surface area contributed by atoms with Crippen LogP contribution in [-0.2, 0) is 11.3 Å². The number of esters is 1. The van der Waals surface area contributed by atoms with Crippen molar-refractivity contribution < 1.29 is 28.8 Å². The minimum Gasteiger partial charge on any atom is -0.507 e. The molecule has 28 heavy (non-hydrogen) atoms. The third-order valence-corrected chi connectivity index (χ3v) is 3.70. The fourth-order valence-electron chi connectivity index (χ4n) is 2.34. The van der Waals surface area contributed by atoms with Gasteiger partial charge in [0.1, 0.15) is 23.7 Å². The van der Waals surface area contributed by atoms with E-state index in [1.165, 1.54) is 38.5 Å². The smallest absolute Gasteiger partial charge is 0.346 e. The van der Waals surface area contributed by atoms with E-state index in [1.807, 2.05) is 30.3 Å². The predicted molar refractivity (Wildman–Crippen MR) is 98.9 cm³/mol. The molecule has 0 saturated carbocycles. The van der Waals surface area contributed by atoms with Crippen molar-refractivity contribution in [2.45, 2.75) is 6.61 Å². The third-order valence-electron chi connectivity index (χ3n) is 3.70. The molecule has 0 aliphatic rings. The summed E-state index contributed by atoms with van der Waals surface area (Å²) >= 11 is 0. The van der Waals surface area contributed by atoms with Gasteiger partial charge in [0.05, 0.1) is 20.3 Å². The largest absolute Gasteiger partial charge is 0.507 e. The molecule has 1 N–H and O–H groups in total. The monoisotopic (exact) mass is 382 g/mol. The van der Waals surface area contributed by atoms with Crippen LogP contribution in [0.4, 0.5) is 0 Å². The average molecular weight is 382 g/mol. The summed E-state index contributed by atoms with van der Waals surface area (Å²) in [5.74, 6) is -0.559. The summed E-state index contributed by atoms with van der Waals surface area (Å²) in [5.41, 5.74) is 0.679. The van der Waals surface area contributed by atoms with Crippen molar-refractivity contribution in [3.8, 4) is 29.3 Å². The van der Waals surface area contributed by atoms with Gasteiger partial charge in [-0.05, 0) is 17.7 Å². The average Bonchev–Trinajstić information content (AvgIpc) is 2.72. The lowest BCUT2D eigenvalue weighted by molar-refractivity contribution is 0.0466. The lowest BCUT2D eigenvalue weighted by atomic mass is 10.2. The highest BCUT2D eigenvalue weighted by molar-refractivity contribution is 5.95. The number of aromatic hydroxyl groups is 1. The summed E-state index contributed by atoms with van der Waals surface area (Å²) in [6.07, 6.45) is 0. The van der Waals surface area contributed by atoms with E-state index in [0.29, 0.717) is 0 Å². The van der Waals surface area contributed by atoms with Crippen molar-refractivity contribution >= 4 is 5.97 Å². The van der Waals surface area contributed by atoms with E-state index in [-0.39, 0.29) is 41.4 Å². The minimum atomic E-state index is -0.744. The molecule has 8 heteroatoms. The summed E-state index contributed by atoms with van der Waals surface area (Å²) in [6, 6.07) is 14.9. The van der Waals surface area contributed by atoms with Crippen LogP contribution in [0.3, 0.4) is 0 Å². The number of nitrogens with zero attached hydrogens (tertiary/aromatic N) is 2. The molecule has 2 aromatic carbocycles. The molecule has 0 saturated heterocycles. The molecule has 1 heterocycles. The van der Waals surface area contributed by atoms with Crippen LogP contribution >= 0.6 is 0 Å². The highest BCUT2D eigenvalue weighted by Crippen LogP contribution is 2.32. The maximum atomic E-state index is 12.5. The van der Waals surface area contributed by atoms with Gasteiger partial charge >= 0.3 is 12.0 Å². The Bertz CT molecular complexity index is 940. The van der Waals surface area contributed by atoms with Gasteiger partial charge < -0.3 is 24.1 Å². The number of hydrogen-bond donors (Lipinski definition) is 1. The molecule has 3 aromatic rings. The van der Waals surface area contributed by atoms with E-state index >= 15 is 0 Å². The molecule has 144 valence electrons. The van der Waals surface area contributed by atoms with E-state index in [9.17, 15) is 9.90 Å². The van der Waals surface area contributed by atoms with Crippen LogP contribution in [0.5, 0.6) is 29.3 Å². The van der Waals surface area contributed by atoms with Crippen molar-refractivity contribution in [3.05, 3.63) is 65.7 Å². The first-order valence-corrected chi connectivity index (χ1v) is 8.28. The van der Waals surface area contributed by atoms with Gasteiger partial charge in [-0.1, -0.05) is 36.4 Å². The topological polar surface area (TPSA) is 100 Å². The molecular formula is C20H18N2O6. The summed E-state index contributed by atoms with van der Waals surface area (Å²) in [5, 5.41) is 10.2. The second kappa shape index (κ2) is 8.72. The zero-order chi connectivity index (χ0) is 19.9. The number of carbonyl (C=O) groups excluding carboxylic acids is 1. The number of ether oxygens (including phenoxy) is 4. The van der Waals surface area contributed by atoms with E-state index in [4.69, 9.17) is 18.9 Å². The number of hydrogen-bond acceptors (Lipinski definition) is 8. The number of phenols is 1. The van der Waals surface area contributed by atoms with Crippen LogP contribution in [-0.4, -0.2) is 35.3 Å². The summed E-state index contributed by atoms with van der Waals surface area (Å²) in [7, 11) is 2.87. The first-order valence-electron chi connectivity index (χ1n) is 8.28. The van der Waals surface area contributed by atoms with Gasteiger partial charge in [0.25, 0.3) is 0 Å². The van der Waals surface area contributed by atoms with Crippen molar-refractivity contribution in [1.29, 1.82) is 0 Å². The van der Waals surface area contributed by atoms with Crippen LogP contribution < -0.4 is 14.2 Å². The first kappa shape index (κ1) is 19.0. The molecule has 0 aliphatic carbocycles. The summed E-state index contributed by atoms with van der Waals surface area (Å²) < 4.78 is 21.0. The Labute approximate surface area is 161 Å². The molecule has 0 amide bonds. The van der Waals surface area contributed by atoms with Crippen molar-refractivity contribution in [3.63, 3.8) is 0 Å². The highest BCUT2D eigenvalue weighted by Gasteiger charge is 2.21. The quantitative estimate of drug-likeness (QED) is 0.621. The van der Waals surface area contributed by atoms with Gasteiger partial charge in [-0.3, -0.25) is 0 Å². The number of aromatic nitrogens is 2. The molecule has 0 fully saturated rings. The van der Waals surface area contributed by atoms with Crippen LogP contribution in [0.25, 0.3) is 0 Å². The zero-order valence-corrected chi connectivity index (χ0v) is 15.3. The number of rotatable bonds is 7. The van der Waals surface area contributed by atoms with Gasteiger partial charge in [0.15, 0.2) is 0 Å². The van der Waals surface area contributed by atoms with Crippen molar-refractivity contribution in [2.24, 2.45) is 0 Å². The highest BCUT2D eigenvalue weighted by atomic mass is 16.5. The summed E-state index contributed by atoms with van der Waals surface area (Å²) in [4.78, 5) is 20.6. The molecule has 0 bridgehead atoms. The molecule has 3 rings (SSSR count). The Morgan fingerprint density at radius 2 is 1.64 bits per heavy atom. The maximum absolute atomic E-state index is 12.5. The standard InChI is InChI=1S/C20H18N2O6/c1-25-16-11-17(26-2)22-20(21-16)28-15-10-6-9-14(23)18(15)19(24)27-12-13-7-4-3-5-8-13/h3-11,23H,12H2,1-2H3. The number of methoxy groups -OCH3 is 2. The molecule has 0 aliphatic heterocycles. The Morgan fingerprint density at radius 1 is 0.964 bits per heavy atom. The predicted octanol–water partition coefficient (Wildman–Crippen LogP) is 3.35. The van der Waals surface area contributed by atoms with Crippen LogP contribution in [0, 0.1) is 0 Å². The fraction of sp³-hybridized carbons (Fsp3) is 0.150. The molecule has 0 radical (unpaired) electrons. The SMILES string of the molecule is COc1cc(OC)nc(Oc2cccc(O)c2C(=O)OCc2ccccc2)n1. The van der Waals surface area contributed by atoms with Gasteiger partial charge in [0, 0.05) is 0 Å². The van der Waals surface area contributed by atoms with E-state index in [2.05, 4.69) is 9.97 Å². The van der Waals surface area contributed by atoms with Crippen molar-refractivity contribution in [1.82, 2.24) is 9.97 Å². The summed E-state index contributed by atoms with van der Waals surface area (Å²) in [6.45, 7) is 0.0525. The second-order valence-electron chi connectivity index (χ2n) is 5.55. The molecular weight excluding hydrogens is 364 g/mol. The lowest BCUT2D eigenvalue weighted by Gasteiger charge is -2.12. The van der Waals surface area contributed by atoms with E-state index in [1.54, 1.807) is 0 Å². The molecule has 0 unspecified atom stereocenters.